The van der Waals surface area contributed by atoms with E-state index >= 15 is 0 Å². The number of aromatic nitrogens is 3. The molecule has 0 atom stereocenters. The van der Waals surface area contributed by atoms with Crippen molar-refractivity contribution < 1.29 is 8.42 Å². The van der Waals surface area contributed by atoms with Gasteiger partial charge in [-0.1, -0.05) is 0 Å². The van der Waals surface area contributed by atoms with Crippen molar-refractivity contribution in [1.82, 2.24) is 15.0 Å². The van der Waals surface area contributed by atoms with E-state index in [0.717, 1.165) is 6.26 Å². The highest BCUT2D eigenvalue weighted by Crippen LogP contribution is 2.04. The maximum absolute atomic E-state index is 10.9. The molecule has 12 heavy (non-hydrogen) atoms. The summed E-state index contributed by atoms with van der Waals surface area (Å²) in [6.45, 7) is 0. The fourth-order valence-corrected chi connectivity index (χ4v) is 1.07. The number of nitrogens with two attached hydrogens (primary N) is 2. The van der Waals surface area contributed by atoms with E-state index in [1.165, 1.54) is 0 Å². The summed E-state index contributed by atoms with van der Waals surface area (Å²) in [6, 6.07) is 0. The van der Waals surface area contributed by atoms with Crippen molar-refractivity contribution in [2.45, 2.75) is 5.16 Å². The Balaban J connectivity index is 3.37. The molecule has 4 N–H and O–H groups in total. The Bertz CT molecular complexity index is 380. The number of hydrogen-bond donors (Lipinski definition) is 2. The van der Waals surface area contributed by atoms with Crippen molar-refractivity contribution in [3.63, 3.8) is 0 Å². The smallest absolute Gasteiger partial charge is 0.253 e. The second-order valence-corrected chi connectivity index (χ2v) is 4.02. The van der Waals surface area contributed by atoms with Crippen LogP contribution in [0.2, 0.25) is 0 Å². The lowest BCUT2D eigenvalue weighted by Gasteiger charge is -1.97. The largest absolute Gasteiger partial charge is 0.368 e. The lowest BCUT2D eigenvalue weighted by molar-refractivity contribution is 0.592. The van der Waals surface area contributed by atoms with Gasteiger partial charge in [-0.2, -0.15) is 15.0 Å². The molecular weight excluding hydrogens is 182 g/mol. The zero-order valence-electron chi connectivity index (χ0n) is 6.22. The van der Waals surface area contributed by atoms with E-state index in [1.807, 2.05) is 0 Å². The Morgan fingerprint density at radius 2 is 1.50 bits per heavy atom. The van der Waals surface area contributed by atoms with E-state index in [9.17, 15) is 8.42 Å². The first-order chi connectivity index (χ1) is 5.39. The first-order valence-electron chi connectivity index (χ1n) is 2.86. The Morgan fingerprint density at radius 1 is 1.08 bits per heavy atom. The maximum Gasteiger partial charge on any atom is 0.253 e. The molecule has 1 aromatic rings. The van der Waals surface area contributed by atoms with Crippen molar-refractivity contribution in [3.8, 4) is 0 Å². The molecule has 0 radical (unpaired) electrons. The number of sulfone groups is 1. The summed E-state index contributed by atoms with van der Waals surface area (Å²) in [4.78, 5) is 10.2. The summed E-state index contributed by atoms with van der Waals surface area (Å²) in [5.41, 5.74) is 10.3. The molecule has 0 amide bonds. The molecular formula is C4H7N5O2S. The number of rotatable bonds is 1. The van der Waals surface area contributed by atoms with E-state index in [-0.39, 0.29) is 11.9 Å². The number of anilines is 2. The monoisotopic (exact) mass is 189 g/mol. The molecule has 0 aliphatic carbocycles. The fraction of sp³-hybridized carbons (Fsp3) is 0.250. The molecule has 0 fully saturated rings. The van der Waals surface area contributed by atoms with Crippen LogP contribution in [0.5, 0.6) is 0 Å². The van der Waals surface area contributed by atoms with Crippen LogP contribution in [0.1, 0.15) is 0 Å². The lowest BCUT2D eigenvalue weighted by atomic mass is 10.9. The summed E-state index contributed by atoms with van der Waals surface area (Å²) in [5.74, 6) is -0.411. The van der Waals surface area contributed by atoms with Crippen molar-refractivity contribution in [3.05, 3.63) is 0 Å². The summed E-state index contributed by atoms with van der Waals surface area (Å²) in [5, 5.41) is -0.410. The number of nitrogen functional groups attached to an aromatic ring is 2. The molecule has 8 heteroatoms. The molecule has 0 bridgehead atoms. The van der Waals surface area contributed by atoms with Gasteiger partial charge in [-0.3, -0.25) is 0 Å². The maximum atomic E-state index is 10.9. The Hall–Kier alpha value is -1.44. The molecule has 1 heterocycles. The highest BCUT2D eigenvalue weighted by Gasteiger charge is 2.12. The Morgan fingerprint density at radius 3 is 1.83 bits per heavy atom. The predicted molar refractivity (Wildman–Crippen MR) is 41.8 cm³/mol. The van der Waals surface area contributed by atoms with Gasteiger partial charge in [0.05, 0.1) is 0 Å². The van der Waals surface area contributed by atoms with E-state index < -0.39 is 15.0 Å². The third kappa shape index (κ3) is 1.78. The first-order valence-corrected chi connectivity index (χ1v) is 4.76. The van der Waals surface area contributed by atoms with Crippen molar-refractivity contribution in [1.29, 1.82) is 0 Å². The molecule has 0 spiro atoms. The first kappa shape index (κ1) is 8.65. The predicted octanol–water partition coefficient (Wildman–Crippen LogP) is -1.56. The van der Waals surface area contributed by atoms with Gasteiger partial charge < -0.3 is 11.5 Å². The molecule has 0 saturated heterocycles. The van der Waals surface area contributed by atoms with Gasteiger partial charge >= 0.3 is 0 Å². The third-order valence-electron chi connectivity index (χ3n) is 0.981. The molecule has 0 unspecified atom stereocenters. The van der Waals surface area contributed by atoms with Crippen molar-refractivity contribution in [2.24, 2.45) is 0 Å². The second kappa shape index (κ2) is 2.55. The summed E-state index contributed by atoms with van der Waals surface area (Å²) >= 11 is 0. The van der Waals surface area contributed by atoms with Crippen LogP contribution >= 0.6 is 0 Å². The molecule has 0 saturated carbocycles. The zero-order chi connectivity index (χ0) is 9.35. The van der Waals surface area contributed by atoms with Gasteiger partial charge in [0, 0.05) is 6.26 Å². The number of hydrogen-bond acceptors (Lipinski definition) is 7. The van der Waals surface area contributed by atoms with Gasteiger partial charge in [-0.25, -0.2) is 8.42 Å². The van der Waals surface area contributed by atoms with E-state index in [0.29, 0.717) is 0 Å². The zero-order valence-corrected chi connectivity index (χ0v) is 7.04. The summed E-state index contributed by atoms with van der Waals surface area (Å²) in [6.07, 6.45) is 0.960. The average Bonchev–Trinajstić information content (AvgIpc) is 1.82. The molecule has 0 aromatic carbocycles. The summed E-state index contributed by atoms with van der Waals surface area (Å²) in [7, 11) is -3.47. The number of nitrogens with zero attached hydrogens (tertiary/aromatic N) is 3. The average molecular weight is 189 g/mol. The van der Waals surface area contributed by atoms with Crippen LogP contribution in [-0.4, -0.2) is 29.6 Å². The van der Waals surface area contributed by atoms with Crippen LogP contribution in [0, 0.1) is 0 Å². The Kier molecular flexibility index (Phi) is 1.84. The van der Waals surface area contributed by atoms with Gasteiger partial charge in [0.1, 0.15) is 0 Å². The molecule has 0 aliphatic heterocycles. The van der Waals surface area contributed by atoms with Crippen molar-refractivity contribution >= 4 is 21.7 Å². The molecule has 7 nitrogen and oxygen atoms in total. The molecule has 1 rings (SSSR count). The highest BCUT2D eigenvalue weighted by molar-refractivity contribution is 7.90. The van der Waals surface area contributed by atoms with Gasteiger partial charge in [-0.05, 0) is 0 Å². The van der Waals surface area contributed by atoms with Gasteiger partial charge in [0.15, 0.2) is 0 Å². The van der Waals surface area contributed by atoms with Gasteiger partial charge in [0.25, 0.3) is 5.16 Å². The van der Waals surface area contributed by atoms with Crippen LogP contribution in [-0.2, 0) is 9.84 Å². The minimum Gasteiger partial charge on any atom is -0.368 e. The molecule has 1 aromatic heterocycles. The van der Waals surface area contributed by atoms with E-state index in [2.05, 4.69) is 15.0 Å². The van der Waals surface area contributed by atoms with Crippen molar-refractivity contribution in [2.75, 3.05) is 17.7 Å². The molecule has 0 aliphatic rings. The fourth-order valence-electron chi connectivity index (χ4n) is 0.554. The van der Waals surface area contributed by atoms with Gasteiger partial charge in [-0.15, -0.1) is 0 Å². The lowest BCUT2D eigenvalue weighted by Crippen LogP contribution is -2.10. The standard InChI is InChI=1S/C4H7N5O2S/c1-12(10,11)4-8-2(5)7-3(6)9-4/h1H3,(H4,5,6,7,8,9). The minimum atomic E-state index is -3.47. The van der Waals surface area contributed by atoms with Gasteiger partial charge in [0.2, 0.25) is 21.7 Å². The van der Waals surface area contributed by atoms with Crippen LogP contribution in [0.15, 0.2) is 5.16 Å². The molecule has 66 valence electrons. The third-order valence-corrected chi connectivity index (χ3v) is 1.83. The quantitative estimate of drug-likeness (QED) is 0.547. The van der Waals surface area contributed by atoms with E-state index in [4.69, 9.17) is 11.5 Å². The van der Waals surface area contributed by atoms with Crippen LogP contribution in [0.25, 0.3) is 0 Å². The normalized spacial score (nSPS) is 11.4. The Labute approximate surface area is 68.8 Å². The van der Waals surface area contributed by atoms with E-state index in [1.54, 1.807) is 0 Å². The minimum absolute atomic E-state index is 0.206. The van der Waals surface area contributed by atoms with Crippen LogP contribution < -0.4 is 11.5 Å². The second-order valence-electron chi connectivity index (χ2n) is 2.11. The van der Waals surface area contributed by atoms with Crippen LogP contribution in [0.3, 0.4) is 0 Å². The highest BCUT2D eigenvalue weighted by atomic mass is 32.2. The topological polar surface area (TPSA) is 125 Å². The summed E-state index contributed by atoms with van der Waals surface area (Å²) < 4.78 is 21.7. The van der Waals surface area contributed by atoms with Crippen LogP contribution in [0.4, 0.5) is 11.9 Å². The SMILES string of the molecule is CS(=O)(=O)c1nc(N)nc(N)n1.